The van der Waals surface area contributed by atoms with E-state index < -0.39 is 11.5 Å². The van der Waals surface area contributed by atoms with E-state index in [0.717, 1.165) is 0 Å². The van der Waals surface area contributed by atoms with Crippen LogP contribution in [-0.4, -0.2) is 34.5 Å². The lowest BCUT2D eigenvalue weighted by Crippen LogP contribution is -2.36. The minimum absolute atomic E-state index is 0.0502. The fourth-order valence-corrected chi connectivity index (χ4v) is 2.97. The van der Waals surface area contributed by atoms with E-state index in [-0.39, 0.29) is 24.5 Å². The molecule has 0 bridgehead atoms. The molecule has 6 nitrogen and oxygen atoms in total. The van der Waals surface area contributed by atoms with Crippen molar-refractivity contribution in [1.82, 2.24) is 9.88 Å². The number of carbonyl (C=O) groups excluding carboxylic acids is 2. The largest absolute Gasteiger partial charge is 0.395 e. The number of benzene rings is 1. The number of pyridine rings is 1. The van der Waals surface area contributed by atoms with E-state index in [9.17, 15) is 14.4 Å². The molecule has 1 aromatic heterocycles. The third kappa shape index (κ3) is 2.88. The molecule has 24 heavy (non-hydrogen) atoms. The Bertz CT molecular complexity index is 840. The van der Waals surface area contributed by atoms with Gasteiger partial charge < -0.3 is 10.4 Å². The number of aliphatic hydroxyl groups is 1. The van der Waals surface area contributed by atoms with Crippen LogP contribution in [0.4, 0.5) is 0 Å². The predicted octanol–water partition coefficient (Wildman–Crippen LogP) is 1.08. The van der Waals surface area contributed by atoms with Gasteiger partial charge >= 0.3 is 0 Å². The molecule has 6 heteroatoms. The summed E-state index contributed by atoms with van der Waals surface area (Å²) in [5.74, 6) is -0.642. The summed E-state index contributed by atoms with van der Waals surface area (Å²) in [5, 5.41) is 11.3. The summed E-state index contributed by atoms with van der Waals surface area (Å²) < 4.78 is 1.46. The number of nitrogens with zero attached hydrogens (tertiary/aromatic N) is 1. The van der Waals surface area contributed by atoms with Crippen molar-refractivity contribution in [1.29, 1.82) is 0 Å². The van der Waals surface area contributed by atoms with Crippen LogP contribution in [0.15, 0.2) is 41.2 Å². The molecule has 2 aromatic rings. The molecule has 1 aliphatic carbocycles. The van der Waals surface area contributed by atoms with E-state index >= 15 is 0 Å². The number of aromatic nitrogens is 1. The SMILES string of the molecule is O=C1CCCc2c1cc(C(=O)NCCO)c(=O)n2-c1ccccc1. The Morgan fingerprint density at radius 3 is 2.62 bits per heavy atom. The Balaban J connectivity index is 2.23. The van der Waals surface area contributed by atoms with Crippen molar-refractivity contribution in [2.75, 3.05) is 13.2 Å². The van der Waals surface area contributed by atoms with Gasteiger partial charge in [-0.25, -0.2) is 0 Å². The standard InChI is InChI=1S/C18H18N2O4/c21-10-9-19-17(23)14-11-13-15(7-4-8-16(13)22)20(18(14)24)12-5-2-1-3-6-12/h1-3,5-6,11,21H,4,7-10H2,(H,19,23). The van der Waals surface area contributed by atoms with Gasteiger partial charge in [0.15, 0.2) is 5.78 Å². The average molecular weight is 326 g/mol. The zero-order valence-corrected chi connectivity index (χ0v) is 13.1. The van der Waals surface area contributed by atoms with E-state index in [1.807, 2.05) is 6.07 Å². The molecule has 0 saturated heterocycles. The normalized spacial score (nSPS) is 13.5. The van der Waals surface area contributed by atoms with E-state index in [1.54, 1.807) is 24.3 Å². The number of rotatable bonds is 4. The van der Waals surface area contributed by atoms with Gasteiger partial charge in [0.25, 0.3) is 11.5 Å². The lowest BCUT2D eigenvalue weighted by molar-refractivity contribution is 0.0943. The highest BCUT2D eigenvalue weighted by molar-refractivity contribution is 6.01. The second-order valence-corrected chi connectivity index (χ2v) is 5.65. The molecule has 1 aromatic carbocycles. The van der Waals surface area contributed by atoms with Crippen molar-refractivity contribution in [3.05, 3.63) is 63.6 Å². The molecular formula is C18H18N2O4. The second kappa shape index (κ2) is 6.80. The van der Waals surface area contributed by atoms with Gasteiger partial charge in [-0.15, -0.1) is 0 Å². The number of amides is 1. The highest BCUT2D eigenvalue weighted by Gasteiger charge is 2.25. The minimum Gasteiger partial charge on any atom is -0.395 e. The first-order chi connectivity index (χ1) is 11.6. The van der Waals surface area contributed by atoms with E-state index in [2.05, 4.69) is 5.32 Å². The van der Waals surface area contributed by atoms with Gasteiger partial charge in [-0.3, -0.25) is 19.0 Å². The maximum absolute atomic E-state index is 12.9. The van der Waals surface area contributed by atoms with Gasteiger partial charge in [0.2, 0.25) is 0 Å². The van der Waals surface area contributed by atoms with Crippen molar-refractivity contribution in [2.24, 2.45) is 0 Å². The topological polar surface area (TPSA) is 88.4 Å². The Hall–Kier alpha value is -2.73. The van der Waals surface area contributed by atoms with Gasteiger partial charge in [-0.1, -0.05) is 18.2 Å². The number of aliphatic hydroxyl groups excluding tert-OH is 1. The maximum Gasteiger partial charge on any atom is 0.268 e. The Morgan fingerprint density at radius 1 is 1.17 bits per heavy atom. The number of ketones is 1. The molecule has 1 amide bonds. The molecule has 0 aliphatic heterocycles. The fraction of sp³-hybridized carbons (Fsp3) is 0.278. The lowest BCUT2D eigenvalue weighted by atomic mass is 9.92. The maximum atomic E-state index is 12.9. The van der Waals surface area contributed by atoms with E-state index in [0.29, 0.717) is 36.2 Å². The van der Waals surface area contributed by atoms with Crippen LogP contribution in [0.2, 0.25) is 0 Å². The molecule has 0 fully saturated rings. The van der Waals surface area contributed by atoms with Crippen molar-refractivity contribution in [3.63, 3.8) is 0 Å². The number of hydrogen-bond acceptors (Lipinski definition) is 4. The zero-order valence-electron chi connectivity index (χ0n) is 13.1. The molecule has 1 aliphatic rings. The third-order valence-electron chi connectivity index (χ3n) is 4.08. The van der Waals surface area contributed by atoms with Crippen molar-refractivity contribution in [2.45, 2.75) is 19.3 Å². The molecule has 0 spiro atoms. The summed E-state index contributed by atoms with van der Waals surface area (Å²) in [5.41, 5.74) is 1.18. The molecule has 2 N–H and O–H groups in total. The first kappa shape index (κ1) is 16.1. The Morgan fingerprint density at radius 2 is 1.92 bits per heavy atom. The fourth-order valence-electron chi connectivity index (χ4n) is 2.97. The number of hydrogen-bond donors (Lipinski definition) is 2. The summed E-state index contributed by atoms with van der Waals surface area (Å²) in [6.45, 7) is -0.170. The number of para-hydroxylation sites is 1. The van der Waals surface area contributed by atoms with Crippen LogP contribution in [0.3, 0.4) is 0 Å². The summed E-state index contributed by atoms with van der Waals surface area (Å²) >= 11 is 0. The van der Waals surface area contributed by atoms with Crippen molar-refractivity contribution < 1.29 is 14.7 Å². The minimum atomic E-state index is -0.583. The summed E-state index contributed by atoms with van der Waals surface area (Å²) in [6.07, 6.45) is 1.72. The molecule has 3 rings (SSSR count). The van der Waals surface area contributed by atoms with Crippen LogP contribution in [-0.2, 0) is 6.42 Å². The molecule has 124 valence electrons. The number of nitrogens with one attached hydrogen (secondary N) is 1. The van der Waals surface area contributed by atoms with Crippen molar-refractivity contribution in [3.8, 4) is 5.69 Å². The van der Waals surface area contributed by atoms with Crippen LogP contribution >= 0.6 is 0 Å². The molecule has 0 unspecified atom stereocenters. The van der Waals surface area contributed by atoms with Crippen LogP contribution < -0.4 is 10.9 Å². The van der Waals surface area contributed by atoms with Gasteiger partial charge in [-0.2, -0.15) is 0 Å². The van der Waals surface area contributed by atoms with Crippen LogP contribution in [0, 0.1) is 0 Å². The third-order valence-corrected chi connectivity index (χ3v) is 4.08. The molecule has 1 heterocycles. The highest BCUT2D eigenvalue weighted by atomic mass is 16.3. The molecule has 0 saturated carbocycles. The number of carbonyl (C=O) groups is 2. The van der Waals surface area contributed by atoms with Gasteiger partial charge in [0.05, 0.1) is 6.61 Å². The predicted molar refractivity (Wildman–Crippen MR) is 88.7 cm³/mol. The van der Waals surface area contributed by atoms with Crippen LogP contribution in [0.25, 0.3) is 5.69 Å². The summed E-state index contributed by atoms with van der Waals surface area (Å²) in [4.78, 5) is 37.4. The monoisotopic (exact) mass is 326 g/mol. The zero-order chi connectivity index (χ0) is 17.1. The quantitative estimate of drug-likeness (QED) is 0.880. The van der Waals surface area contributed by atoms with E-state index in [1.165, 1.54) is 10.6 Å². The average Bonchev–Trinajstić information content (AvgIpc) is 2.60. The van der Waals surface area contributed by atoms with Crippen LogP contribution in [0.5, 0.6) is 0 Å². The molecular weight excluding hydrogens is 308 g/mol. The van der Waals surface area contributed by atoms with Gasteiger partial charge in [0.1, 0.15) is 5.56 Å². The highest BCUT2D eigenvalue weighted by Crippen LogP contribution is 2.23. The smallest absolute Gasteiger partial charge is 0.268 e. The number of fused-ring (bicyclic) bond motifs is 1. The first-order valence-electron chi connectivity index (χ1n) is 7.90. The summed E-state index contributed by atoms with van der Waals surface area (Å²) in [6, 6.07) is 10.4. The van der Waals surface area contributed by atoms with Gasteiger partial charge in [-0.05, 0) is 31.0 Å². The van der Waals surface area contributed by atoms with E-state index in [4.69, 9.17) is 5.11 Å². The Kier molecular flexibility index (Phi) is 4.57. The Labute approximate surface area is 138 Å². The summed E-state index contributed by atoms with van der Waals surface area (Å²) in [7, 11) is 0. The van der Waals surface area contributed by atoms with Gasteiger partial charge in [0, 0.05) is 29.9 Å². The van der Waals surface area contributed by atoms with Crippen molar-refractivity contribution >= 4 is 11.7 Å². The lowest BCUT2D eigenvalue weighted by Gasteiger charge is -2.21. The molecule has 0 radical (unpaired) electrons. The second-order valence-electron chi connectivity index (χ2n) is 5.65. The molecule has 0 atom stereocenters. The first-order valence-corrected chi connectivity index (χ1v) is 7.90. The number of Topliss-reactive ketones (excluding diaryl/α,β-unsaturated/α-hetero) is 1. The van der Waals surface area contributed by atoms with Crippen LogP contribution in [0.1, 0.15) is 39.3 Å².